The van der Waals surface area contributed by atoms with E-state index in [2.05, 4.69) is 86.4 Å². The molecule has 0 spiro atoms. The third-order valence-corrected chi connectivity index (χ3v) is 12.4. The molecule has 1 aliphatic carbocycles. The van der Waals surface area contributed by atoms with Gasteiger partial charge in [-0.3, -0.25) is 29.4 Å². The van der Waals surface area contributed by atoms with Gasteiger partial charge in [-0.1, -0.05) is 33.6 Å². The molecule has 0 radical (unpaired) electrons. The number of imide groups is 1. The predicted octanol–water partition coefficient (Wildman–Crippen LogP) is 3.65. The van der Waals surface area contributed by atoms with Gasteiger partial charge in [0, 0.05) is 86.4 Å². The van der Waals surface area contributed by atoms with Gasteiger partial charge in [0.15, 0.2) is 0 Å². The molecule has 4 fully saturated rings. The molecule has 1 saturated carbocycles. The maximum absolute atomic E-state index is 13.5. The quantitative estimate of drug-likeness (QED) is 0.193. The molecule has 1 aromatic heterocycles. The summed E-state index contributed by atoms with van der Waals surface area (Å²) >= 11 is 0. The number of hydrogen-bond acceptors (Lipinski definition) is 11. The van der Waals surface area contributed by atoms with E-state index in [9.17, 15) is 19.2 Å². The maximum Gasteiger partial charge on any atom is 0.272 e. The Bertz CT molecular complexity index is 2030. The third-order valence-electron chi connectivity index (χ3n) is 12.4. The van der Waals surface area contributed by atoms with Crippen molar-refractivity contribution in [2.45, 2.75) is 71.6 Å². The first-order valence-electron chi connectivity index (χ1n) is 20.2. The van der Waals surface area contributed by atoms with Gasteiger partial charge in [0.05, 0.1) is 25.1 Å². The molecule has 4 aliphatic rings. The summed E-state index contributed by atoms with van der Waals surface area (Å²) < 4.78 is 11.9. The third kappa shape index (κ3) is 8.45. The number of methoxy groups -OCH3 is 1. The molecule has 0 bridgehead atoms. The van der Waals surface area contributed by atoms with Crippen molar-refractivity contribution in [3.05, 3.63) is 71.7 Å². The molecule has 4 heterocycles. The van der Waals surface area contributed by atoms with E-state index in [4.69, 9.17) is 15.9 Å². The number of nitrogens with zero attached hydrogens (tertiary/aromatic N) is 5. The van der Waals surface area contributed by atoms with Crippen LogP contribution >= 0.6 is 0 Å². The van der Waals surface area contributed by atoms with Gasteiger partial charge in [-0.25, -0.2) is 9.97 Å². The zero-order chi connectivity index (χ0) is 41.2. The van der Waals surface area contributed by atoms with Crippen LogP contribution in [0.3, 0.4) is 0 Å². The number of ether oxygens (including phenoxy) is 2. The molecule has 3 aliphatic heterocycles. The minimum absolute atomic E-state index is 0.0894. The lowest BCUT2D eigenvalue weighted by Crippen LogP contribution is -2.74. The van der Waals surface area contributed by atoms with Gasteiger partial charge in [0.25, 0.3) is 11.8 Å². The zero-order valence-electron chi connectivity index (χ0n) is 34.0. The highest BCUT2D eigenvalue weighted by Crippen LogP contribution is 2.55. The van der Waals surface area contributed by atoms with Crippen molar-refractivity contribution in [1.29, 1.82) is 0 Å². The number of aromatic nitrogens is 2. The summed E-state index contributed by atoms with van der Waals surface area (Å²) in [4.78, 5) is 65.4. The Labute approximate surface area is 340 Å². The number of nitrogens with one attached hydrogen (secondary N) is 3. The molecule has 14 nitrogen and oxygen atoms in total. The van der Waals surface area contributed by atoms with Crippen molar-refractivity contribution in [3.63, 3.8) is 0 Å². The predicted molar refractivity (Wildman–Crippen MR) is 220 cm³/mol. The van der Waals surface area contributed by atoms with Crippen LogP contribution in [0.15, 0.2) is 54.9 Å². The average Bonchev–Trinajstić information content (AvgIpc) is 3.23. The van der Waals surface area contributed by atoms with E-state index in [1.54, 1.807) is 13.3 Å². The van der Waals surface area contributed by atoms with Crippen LogP contribution in [0.1, 0.15) is 79.8 Å². The van der Waals surface area contributed by atoms with Crippen molar-refractivity contribution in [1.82, 2.24) is 30.8 Å². The van der Waals surface area contributed by atoms with Crippen LogP contribution in [0.4, 0.5) is 11.5 Å². The van der Waals surface area contributed by atoms with E-state index < -0.39 is 17.9 Å². The van der Waals surface area contributed by atoms with E-state index in [-0.39, 0.29) is 53.3 Å². The van der Waals surface area contributed by atoms with Crippen LogP contribution in [0.5, 0.6) is 11.5 Å². The summed E-state index contributed by atoms with van der Waals surface area (Å²) in [5.74, 6) is 3.82. The number of piperazine rings is 1. The first-order chi connectivity index (χ1) is 27.8. The van der Waals surface area contributed by atoms with Crippen molar-refractivity contribution in [2.24, 2.45) is 16.7 Å². The normalized spacial score (nSPS) is 23.2. The van der Waals surface area contributed by atoms with Crippen molar-refractivity contribution in [3.8, 4) is 23.8 Å². The molecule has 306 valence electrons. The lowest BCUT2D eigenvalue weighted by atomic mass is 9.49. The molecular formula is C44H54N8O6. The monoisotopic (exact) mass is 790 g/mol. The smallest absolute Gasteiger partial charge is 0.272 e. The number of rotatable bonds is 11. The van der Waals surface area contributed by atoms with Gasteiger partial charge in [-0.15, -0.1) is 6.42 Å². The second-order valence-electron chi connectivity index (χ2n) is 17.1. The number of amides is 4. The topological polar surface area (TPSA) is 158 Å². The van der Waals surface area contributed by atoms with Crippen LogP contribution in [0.2, 0.25) is 0 Å². The highest BCUT2D eigenvalue weighted by atomic mass is 16.5. The summed E-state index contributed by atoms with van der Waals surface area (Å²) in [6, 6.07) is 12.6. The van der Waals surface area contributed by atoms with Gasteiger partial charge in [-0.05, 0) is 61.6 Å². The van der Waals surface area contributed by atoms with Crippen LogP contribution in [-0.4, -0.2) is 110 Å². The number of terminal acetylenes is 1. The maximum atomic E-state index is 13.5. The van der Waals surface area contributed by atoms with Gasteiger partial charge in [0.2, 0.25) is 11.8 Å². The molecule has 7 rings (SSSR count). The lowest BCUT2D eigenvalue weighted by molar-refractivity contribution is -0.164. The van der Waals surface area contributed by atoms with Gasteiger partial charge in [-0.2, -0.15) is 0 Å². The molecular weight excluding hydrogens is 737 g/mol. The summed E-state index contributed by atoms with van der Waals surface area (Å²) in [5.41, 5.74) is 1.93. The second kappa shape index (κ2) is 16.7. The molecule has 3 N–H and O–H groups in total. The highest BCUT2D eigenvalue weighted by Gasteiger charge is 2.64. The fraction of sp³-hybridized carbons (Fsp3) is 0.500. The Kier molecular flexibility index (Phi) is 11.6. The zero-order valence-corrected chi connectivity index (χ0v) is 34.0. The van der Waals surface area contributed by atoms with Crippen LogP contribution in [-0.2, 0) is 9.59 Å². The van der Waals surface area contributed by atoms with Crippen molar-refractivity contribution in [2.75, 3.05) is 62.7 Å². The Morgan fingerprint density at radius 3 is 2.21 bits per heavy atom. The second-order valence-corrected chi connectivity index (χ2v) is 17.1. The van der Waals surface area contributed by atoms with Crippen molar-refractivity contribution >= 4 is 35.1 Å². The molecule has 14 heteroatoms. The van der Waals surface area contributed by atoms with E-state index in [0.717, 1.165) is 64.3 Å². The number of anilines is 2. The average molecular weight is 791 g/mol. The van der Waals surface area contributed by atoms with E-state index >= 15 is 0 Å². The molecule has 0 unspecified atom stereocenters. The number of piperidine rings is 2. The summed E-state index contributed by atoms with van der Waals surface area (Å²) in [7, 11) is 1.59. The fourth-order valence-electron chi connectivity index (χ4n) is 9.40. The van der Waals surface area contributed by atoms with Gasteiger partial charge >= 0.3 is 0 Å². The molecule has 58 heavy (non-hydrogen) atoms. The van der Waals surface area contributed by atoms with E-state index in [0.29, 0.717) is 34.4 Å². The SMILES string of the molecule is C#Cc1ccc(OC2C(C)(C)C(NC(=O)c3ccc(N4CCC(CN5CCN(c6cnc(C(=O)N[C@H]7CCC(=O)NC7=O)cn6)CC5)CC4)cc3)C2(C)C)cc1OC. The van der Waals surface area contributed by atoms with E-state index in [1.807, 2.05) is 30.3 Å². The van der Waals surface area contributed by atoms with E-state index in [1.165, 1.54) is 6.20 Å². The van der Waals surface area contributed by atoms with Crippen LogP contribution in [0.25, 0.3) is 0 Å². The van der Waals surface area contributed by atoms with Gasteiger partial charge < -0.3 is 29.9 Å². The number of carbonyl (C=O) groups excluding carboxylic acids is 4. The molecule has 1 atom stereocenters. The Hall–Kier alpha value is -5.68. The minimum Gasteiger partial charge on any atom is -0.495 e. The lowest BCUT2D eigenvalue weighted by Gasteiger charge is -2.63. The highest BCUT2D eigenvalue weighted by molar-refractivity contribution is 6.03. The molecule has 4 amide bonds. The standard InChI is InChI=1S/C44H54N8O6/c1-7-29-10-13-32(24-35(29)57-6)58-42-43(2,3)41(44(42,4)5)49-38(54)30-8-11-31(12-9-30)51-18-16-28(17-19-51)27-50-20-22-52(23-21-50)36-26-45-34(25-46-36)40(56)47-33-14-15-37(53)48-39(33)55/h1,8-13,24-26,28,33,41-42H,14-23,27H2,2-6H3,(H,47,56)(H,49,54)(H,48,53,55)/t33-,41?,42?/m0/s1. The Morgan fingerprint density at radius 2 is 1.59 bits per heavy atom. The largest absolute Gasteiger partial charge is 0.495 e. The molecule has 2 aromatic carbocycles. The number of hydrogen-bond donors (Lipinski definition) is 3. The first-order valence-corrected chi connectivity index (χ1v) is 20.2. The Balaban J connectivity index is 0.835. The summed E-state index contributed by atoms with van der Waals surface area (Å²) in [5, 5.41) is 8.19. The molecule has 3 saturated heterocycles. The minimum atomic E-state index is -0.758. The van der Waals surface area contributed by atoms with Crippen LogP contribution < -0.4 is 35.2 Å². The van der Waals surface area contributed by atoms with Crippen LogP contribution in [0, 0.1) is 29.1 Å². The number of benzene rings is 2. The Morgan fingerprint density at radius 1 is 0.879 bits per heavy atom. The molecule has 3 aromatic rings. The summed E-state index contributed by atoms with van der Waals surface area (Å²) in [6.07, 6.45) is 11.2. The van der Waals surface area contributed by atoms with Crippen molar-refractivity contribution < 1.29 is 28.7 Å². The van der Waals surface area contributed by atoms with Gasteiger partial charge in [0.1, 0.15) is 35.2 Å². The fourth-order valence-corrected chi connectivity index (χ4v) is 9.40. The number of carbonyl (C=O) groups is 4. The first kappa shape index (κ1) is 40.5. The summed E-state index contributed by atoms with van der Waals surface area (Å²) in [6.45, 7) is 15.0.